The average Bonchev–Trinajstić information content (AvgIpc) is 2.96. The number of carbonyl (C=O) groups is 3. The third-order valence-corrected chi connectivity index (χ3v) is 4.96. The van der Waals surface area contributed by atoms with E-state index in [1.165, 1.54) is 12.0 Å². The van der Waals surface area contributed by atoms with Crippen molar-refractivity contribution in [3.05, 3.63) is 76.0 Å². The highest BCUT2D eigenvalue weighted by Gasteiger charge is 2.34. The van der Waals surface area contributed by atoms with Crippen LogP contribution in [-0.4, -0.2) is 43.4 Å². The Morgan fingerprint density at radius 1 is 1.16 bits per heavy atom. The number of methoxy groups -OCH3 is 1. The van der Waals surface area contributed by atoms with Gasteiger partial charge in [-0.2, -0.15) is 0 Å². The summed E-state index contributed by atoms with van der Waals surface area (Å²) in [7, 11) is 2.88. The van der Waals surface area contributed by atoms with Crippen LogP contribution >= 0.6 is 11.6 Å². The first-order chi connectivity index (χ1) is 14.8. The van der Waals surface area contributed by atoms with Gasteiger partial charge in [0.1, 0.15) is 5.75 Å². The molecule has 1 aliphatic rings. The van der Waals surface area contributed by atoms with Gasteiger partial charge < -0.3 is 19.7 Å². The fourth-order valence-corrected chi connectivity index (χ4v) is 3.23. The Hall–Kier alpha value is -3.58. The van der Waals surface area contributed by atoms with E-state index in [-0.39, 0.29) is 29.6 Å². The number of anilines is 1. The molecule has 1 heterocycles. The van der Waals surface area contributed by atoms with Gasteiger partial charge in [-0.25, -0.2) is 4.79 Å². The molecule has 2 aromatic carbocycles. The third-order valence-electron chi connectivity index (χ3n) is 4.73. The lowest BCUT2D eigenvalue weighted by atomic mass is 10.0. The molecule has 7 nitrogen and oxygen atoms in total. The second-order valence-electron chi connectivity index (χ2n) is 6.79. The number of halogens is 1. The van der Waals surface area contributed by atoms with Crippen LogP contribution in [0.2, 0.25) is 5.02 Å². The predicted molar refractivity (Wildman–Crippen MR) is 117 cm³/mol. The average molecular weight is 441 g/mol. The number of amides is 2. The standard InChI is InChI=1S/C23H21ClN2O5/c1-14-21(23(29)30-3)19(22(28)26(14)2)11-15-7-9-18(10-8-15)31-13-20(27)25-17-6-4-5-16(24)12-17/h4-12H,13H2,1-3H3,(H,25,27)/b19-11-. The van der Waals surface area contributed by atoms with Crippen LogP contribution in [0.15, 0.2) is 65.4 Å². The summed E-state index contributed by atoms with van der Waals surface area (Å²) in [5.41, 5.74) is 2.32. The van der Waals surface area contributed by atoms with Crippen LogP contribution in [0.3, 0.4) is 0 Å². The van der Waals surface area contributed by atoms with E-state index in [1.54, 1.807) is 68.6 Å². The van der Waals surface area contributed by atoms with Gasteiger partial charge in [0.25, 0.3) is 11.8 Å². The molecule has 0 aromatic heterocycles. The summed E-state index contributed by atoms with van der Waals surface area (Å²) >= 11 is 5.90. The number of esters is 1. The Morgan fingerprint density at radius 3 is 2.52 bits per heavy atom. The number of ether oxygens (including phenoxy) is 2. The molecule has 1 N–H and O–H groups in total. The lowest BCUT2D eigenvalue weighted by Gasteiger charge is -2.09. The number of hydrogen-bond acceptors (Lipinski definition) is 5. The monoisotopic (exact) mass is 440 g/mol. The van der Waals surface area contributed by atoms with Crippen molar-refractivity contribution in [2.45, 2.75) is 6.92 Å². The fraction of sp³-hybridized carbons (Fsp3) is 0.174. The maximum absolute atomic E-state index is 12.5. The van der Waals surface area contributed by atoms with E-state index in [0.29, 0.717) is 27.7 Å². The highest BCUT2D eigenvalue weighted by Crippen LogP contribution is 2.30. The van der Waals surface area contributed by atoms with Gasteiger partial charge in [0.15, 0.2) is 6.61 Å². The van der Waals surface area contributed by atoms with E-state index in [0.717, 1.165) is 0 Å². The molecule has 8 heteroatoms. The van der Waals surface area contributed by atoms with Crippen LogP contribution in [0.1, 0.15) is 12.5 Å². The zero-order chi connectivity index (χ0) is 22.5. The number of carbonyl (C=O) groups excluding carboxylic acids is 3. The van der Waals surface area contributed by atoms with Crippen molar-refractivity contribution in [3.63, 3.8) is 0 Å². The van der Waals surface area contributed by atoms with E-state index >= 15 is 0 Å². The minimum atomic E-state index is -0.563. The summed E-state index contributed by atoms with van der Waals surface area (Å²) in [5, 5.41) is 3.22. The molecule has 0 unspecified atom stereocenters. The van der Waals surface area contributed by atoms with Crippen LogP contribution in [0, 0.1) is 0 Å². The second-order valence-corrected chi connectivity index (χ2v) is 7.23. The van der Waals surface area contributed by atoms with Gasteiger partial charge in [-0.15, -0.1) is 0 Å². The zero-order valence-corrected chi connectivity index (χ0v) is 18.0. The van der Waals surface area contributed by atoms with Gasteiger partial charge >= 0.3 is 5.97 Å². The van der Waals surface area contributed by atoms with Crippen LogP contribution in [0.5, 0.6) is 5.75 Å². The Kier molecular flexibility index (Phi) is 6.77. The van der Waals surface area contributed by atoms with Gasteiger partial charge in [-0.3, -0.25) is 9.59 Å². The minimum Gasteiger partial charge on any atom is -0.484 e. The van der Waals surface area contributed by atoms with Gasteiger partial charge in [0.2, 0.25) is 0 Å². The highest BCUT2D eigenvalue weighted by molar-refractivity contribution is 6.30. The van der Waals surface area contributed by atoms with Crippen molar-refractivity contribution in [2.24, 2.45) is 0 Å². The van der Waals surface area contributed by atoms with Crippen molar-refractivity contribution in [1.29, 1.82) is 0 Å². The van der Waals surface area contributed by atoms with Crippen molar-refractivity contribution < 1.29 is 23.9 Å². The summed E-state index contributed by atoms with van der Waals surface area (Å²) in [6.07, 6.45) is 1.62. The van der Waals surface area contributed by atoms with Gasteiger partial charge in [-0.1, -0.05) is 29.8 Å². The summed E-state index contributed by atoms with van der Waals surface area (Å²) in [4.78, 5) is 38.1. The van der Waals surface area contributed by atoms with Gasteiger partial charge in [0.05, 0.1) is 18.3 Å². The summed E-state index contributed by atoms with van der Waals surface area (Å²) < 4.78 is 10.3. The topological polar surface area (TPSA) is 84.9 Å². The molecule has 0 atom stereocenters. The fourth-order valence-electron chi connectivity index (χ4n) is 3.04. The lowest BCUT2D eigenvalue weighted by molar-refractivity contribution is -0.136. The number of hydrogen-bond donors (Lipinski definition) is 1. The van der Waals surface area contributed by atoms with E-state index in [4.69, 9.17) is 21.1 Å². The van der Waals surface area contributed by atoms with Crippen molar-refractivity contribution in [1.82, 2.24) is 4.90 Å². The normalized spacial score (nSPS) is 14.8. The van der Waals surface area contributed by atoms with E-state index in [1.807, 2.05) is 0 Å². The van der Waals surface area contributed by atoms with Crippen LogP contribution in [0.25, 0.3) is 6.08 Å². The first-order valence-electron chi connectivity index (χ1n) is 9.37. The number of likely N-dealkylation sites (N-methyl/N-ethyl adjacent to an activating group) is 1. The molecule has 0 fully saturated rings. The first kappa shape index (κ1) is 22.1. The molecule has 0 spiro atoms. The number of nitrogens with one attached hydrogen (secondary N) is 1. The molecular weight excluding hydrogens is 420 g/mol. The van der Waals surface area contributed by atoms with Gasteiger partial charge in [0, 0.05) is 23.5 Å². The molecule has 2 amide bonds. The molecule has 1 aliphatic heterocycles. The first-order valence-corrected chi connectivity index (χ1v) is 9.75. The molecule has 160 valence electrons. The van der Waals surface area contributed by atoms with Crippen LogP contribution < -0.4 is 10.1 Å². The number of allylic oxidation sites excluding steroid dienone is 1. The Balaban J connectivity index is 1.66. The Labute approximate surface area is 184 Å². The van der Waals surface area contributed by atoms with Crippen LogP contribution in [0.4, 0.5) is 5.69 Å². The lowest BCUT2D eigenvalue weighted by Crippen LogP contribution is -2.20. The molecule has 0 radical (unpaired) electrons. The smallest absolute Gasteiger partial charge is 0.340 e. The van der Waals surface area contributed by atoms with E-state index in [2.05, 4.69) is 5.32 Å². The number of benzene rings is 2. The molecule has 0 saturated heterocycles. The SMILES string of the molecule is COC(=O)C1=C(C)N(C)C(=O)/C1=C\c1ccc(OCC(=O)Nc2cccc(Cl)c2)cc1. The van der Waals surface area contributed by atoms with Crippen molar-refractivity contribution in [3.8, 4) is 5.75 Å². The Morgan fingerprint density at radius 2 is 1.87 bits per heavy atom. The van der Waals surface area contributed by atoms with Crippen molar-refractivity contribution >= 4 is 41.1 Å². The molecule has 3 rings (SSSR count). The number of nitrogens with zero attached hydrogens (tertiary/aromatic N) is 1. The molecular formula is C23H21ClN2O5. The van der Waals surface area contributed by atoms with Crippen LogP contribution in [-0.2, 0) is 19.1 Å². The third kappa shape index (κ3) is 5.13. The number of rotatable bonds is 6. The maximum Gasteiger partial charge on any atom is 0.340 e. The highest BCUT2D eigenvalue weighted by atomic mass is 35.5. The predicted octanol–water partition coefficient (Wildman–Crippen LogP) is 3.66. The largest absolute Gasteiger partial charge is 0.484 e. The molecule has 0 bridgehead atoms. The maximum atomic E-state index is 12.5. The van der Waals surface area contributed by atoms with E-state index in [9.17, 15) is 14.4 Å². The quantitative estimate of drug-likeness (QED) is 0.547. The molecule has 2 aromatic rings. The second kappa shape index (κ2) is 9.49. The summed E-state index contributed by atoms with van der Waals surface area (Å²) in [5.74, 6) is -0.683. The summed E-state index contributed by atoms with van der Waals surface area (Å²) in [6.45, 7) is 1.51. The Bertz CT molecular complexity index is 1090. The zero-order valence-electron chi connectivity index (χ0n) is 17.3. The molecule has 0 saturated carbocycles. The van der Waals surface area contributed by atoms with E-state index < -0.39 is 5.97 Å². The minimum absolute atomic E-state index is 0.176. The summed E-state index contributed by atoms with van der Waals surface area (Å²) in [6, 6.07) is 13.6. The van der Waals surface area contributed by atoms with Gasteiger partial charge in [-0.05, 0) is 48.9 Å². The van der Waals surface area contributed by atoms with Crippen molar-refractivity contribution in [2.75, 3.05) is 26.1 Å². The molecule has 31 heavy (non-hydrogen) atoms. The molecule has 0 aliphatic carbocycles.